The Kier molecular flexibility index (Phi) is 3.78. The monoisotopic (exact) mass is 243 g/mol. The number of rotatable bonds is 2. The average molecular weight is 243 g/mol. The van der Waals surface area contributed by atoms with Crippen LogP contribution in [-0.4, -0.2) is 58.2 Å². The minimum absolute atomic E-state index is 0.000126. The van der Waals surface area contributed by atoms with Gasteiger partial charge in [-0.05, 0) is 24.2 Å². The fourth-order valence-corrected chi connectivity index (χ4v) is 3.28. The molecule has 0 aromatic carbocycles. The second kappa shape index (κ2) is 4.84. The van der Waals surface area contributed by atoms with Crippen LogP contribution >= 0.6 is 0 Å². The number of likely N-dealkylation sites (tertiary alicyclic amines) is 1. The summed E-state index contributed by atoms with van der Waals surface area (Å²) in [5, 5.41) is 29.4. The standard InChI is InChI=1S/C13H25NO3/c1-13(2)5-3-4-9(12(13)17)6-14-7-10(15)11(16)8-14/h9-12,15-17H,3-8H2,1-2H3. The fourth-order valence-electron chi connectivity index (χ4n) is 3.28. The Morgan fingerprint density at radius 1 is 1.12 bits per heavy atom. The molecule has 1 saturated carbocycles. The molecule has 0 bridgehead atoms. The Morgan fingerprint density at radius 2 is 1.71 bits per heavy atom. The molecule has 0 spiro atoms. The zero-order valence-corrected chi connectivity index (χ0v) is 10.8. The Morgan fingerprint density at radius 3 is 2.29 bits per heavy atom. The van der Waals surface area contributed by atoms with E-state index in [0.717, 1.165) is 25.8 Å². The number of aliphatic hydroxyl groups excluding tert-OH is 3. The van der Waals surface area contributed by atoms with Crippen LogP contribution in [0.1, 0.15) is 33.1 Å². The van der Waals surface area contributed by atoms with E-state index in [1.807, 2.05) is 0 Å². The molecule has 1 aliphatic heterocycles. The first-order valence-corrected chi connectivity index (χ1v) is 6.67. The molecule has 4 atom stereocenters. The van der Waals surface area contributed by atoms with Crippen LogP contribution in [0.3, 0.4) is 0 Å². The molecule has 100 valence electrons. The lowest BCUT2D eigenvalue weighted by atomic mass is 9.69. The van der Waals surface area contributed by atoms with Gasteiger partial charge in [0.05, 0.1) is 18.3 Å². The van der Waals surface area contributed by atoms with Crippen molar-refractivity contribution in [2.45, 2.75) is 51.4 Å². The van der Waals surface area contributed by atoms with E-state index in [2.05, 4.69) is 18.7 Å². The van der Waals surface area contributed by atoms with Crippen LogP contribution < -0.4 is 0 Å². The molecule has 17 heavy (non-hydrogen) atoms. The molecule has 2 fully saturated rings. The predicted molar refractivity (Wildman–Crippen MR) is 65.6 cm³/mol. The summed E-state index contributed by atoms with van der Waals surface area (Å²) in [6, 6.07) is 0. The van der Waals surface area contributed by atoms with Gasteiger partial charge in [-0.3, -0.25) is 4.90 Å². The van der Waals surface area contributed by atoms with E-state index in [1.54, 1.807) is 0 Å². The molecule has 4 nitrogen and oxygen atoms in total. The number of hydrogen-bond donors (Lipinski definition) is 3. The number of hydrogen-bond acceptors (Lipinski definition) is 4. The van der Waals surface area contributed by atoms with Crippen molar-refractivity contribution in [2.75, 3.05) is 19.6 Å². The van der Waals surface area contributed by atoms with Crippen LogP contribution in [0.4, 0.5) is 0 Å². The van der Waals surface area contributed by atoms with Crippen molar-refractivity contribution in [1.29, 1.82) is 0 Å². The van der Waals surface area contributed by atoms with Crippen LogP contribution in [0.2, 0.25) is 0 Å². The maximum atomic E-state index is 10.3. The fraction of sp³-hybridized carbons (Fsp3) is 1.00. The van der Waals surface area contributed by atoms with Gasteiger partial charge in [-0.25, -0.2) is 0 Å². The summed E-state index contributed by atoms with van der Waals surface area (Å²) >= 11 is 0. The van der Waals surface area contributed by atoms with E-state index in [-0.39, 0.29) is 17.4 Å². The SMILES string of the molecule is CC1(C)CCCC(CN2CC(O)C(O)C2)C1O. The highest BCUT2D eigenvalue weighted by Crippen LogP contribution is 2.39. The summed E-state index contributed by atoms with van der Waals surface area (Å²) in [7, 11) is 0. The van der Waals surface area contributed by atoms with Gasteiger partial charge in [-0.15, -0.1) is 0 Å². The smallest absolute Gasteiger partial charge is 0.0938 e. The molecule has 0 radical (unpaired) electrons. The normalized spacial score (nSPS) is 42.9. The first kappa shape index (κ1) is 13.3. The van der Waals surface area contributed by atoms with E-state index >= 15 is 0 Å². The van der Waals surface area contributed by atoms with Crippen LogP contribution in [0.15, 0.2) is 0 Å². The summed E-state index contributed by atoms with van der Waals surface area (Å²) in [5.74, 6) is 0.274. The molecule has 3 N–H and O–H groups in total. The molecule has 4 unspecified atom stereocenters. The molecule has 2 rings (SSSR count). The highest BCUT2D eigenvalue weighted by molar-refractivity contribution is 4.92. The number of nitrogens with zero attached hydrogens (tertiary/aromatic N) is 1. The summed E-state index contributed by atoms with van der Waals surface area (Å²) in [6.45, 7) is 6.10. The topological polar surface area (TPSA) is 63.9 Å². The molecule has 0 aromatic heterocycles. The Bertz CT molecular complexity index is 259. The third-order valence-corrected chi connectivity index (χ3v) is 4.47. The van der Waals surface area contributed by atoms with Gasteiger partial charge in [-0.2, -0.15) is 0 Å². The Balaban J connectivity index is 1.91. The molecule has 1 aliphatic carbocycles. The van der Waals surface area contributed by atoms with Gasteiger partial charge < -0.3 is 15.3 Å². The quantitative estimate of drug-likeness (QED) is 0.649. The summed E-state index contributed by atoms with van der Waals surface area (Å²) in [4.78, 5) is 2.07. The molecule has 1 heterocycles. The lowest BCUT2D eigenvalue weighted by Gasteiger charge is -2.42. The van der Waals surface area contributed by atoms with E-state index in [0.29, 0.717) is 13.1 Å². The maximum absolute atomic E-state index is 10.3. The molecule has 2 aliphatic rings. The minimum atomic E-state index is -0.622. The highest BCUT2D eigenvalue weighted by Gasteiger charge is 2.40. The molecule has 1 saturated heterocycles. The summed E-state index contributed by atoms with van der Waals surface area (Å²) in [5.41, 5.74) is -0.000126. The van der Waals surface area contributed by atoms with Gasteiger partial charge in [0.15, 0.2) is 0 Å². The average Bonchev–Trinajstić information content (AvgIpc) is 2.54. The van der Waals surface area contributed by atoms with Gasteiger partial charge in [0.2, 0.25) is 0 Å². The molecule has 4 heteroatoms. The molecular weight excluding hydrogens is 218 g/mol. The Hall–Kier alpha value is -0.160. The predicted octanol–water partition coefficient (Wildman–Crippen LogP) is 0.211. The zero-order chi connectivity index (χ0) is 12.6. The summed E-state index contributed by atoms with van der Waals surface area (Å²) in [6.07, 6.45) is 1.77. The number of β-amino-alcohol motifs (C(OH)–C–C–N with tert-alkyl or cyclic N) is 2. The lowest BCUT2D eigenvalue weighted by molar-refractivity contribution is -0.0420. The lowest BCUT2D eigenvalue weighted by Crippen LogP contribution is -2.44. The van der Waals surface area contributed by atoms with Crippen LogP contribution in [0.25, 0.3) is 0 Å². The van der Waals surface area contributed by atoms with E-state index in [9.17, 15) is 15.3 Å². The molecular formula is C13H25NO3. The second-order valence-electron chi connectivity index (χ2n) is 6.44. The van der Waals surface area contributed by atoms with Crippen molar-refractivity contribution in [3.63, 3.8) is 0 Å². The van der Waals surface area contributed by atoms with Crippen molar-refractivity contribution < 1.29 is 15.3 Å². The van der Waals surface area contributed by atoms with Crippen molar-refractivity contribution >= 4 is 0 Å². The second-order valence-corrected chi connectivity index (χ2v) is 6.44. The van der Waals surface area contributed by atoms with E-state index in [1.165, 1.54) is 0 Å². The van der Waals surface area contributed by atoms with Crippen LogP contribution in [-0.2, 0) is 0 Å². The maximum Gasteiger partial charge on any atom is 0.0938 e. The van der Waals surface area contributed by atoms with Gasteiger partial charge >= 0.3 is 0 Å². The van der Waals surface area contributed by atoms with Gasteiger partial charge in [0.25, 0.3) is 0 Å². The highest BCUT2D eigenvalue weighted by atomic mass is 16.3. The van der Waals surface area contributed by atoms with Gasteiger partial charge in [-0.1, -0.05) is 20.3 Å². The first-order chi connectivity index (χ1) is 7.90. The minimum Gasteiger partial charge on any atom is -0.392 e. The van der Waals surface area contributed by atoms with Crippen LogP contribution in [0, 0.1) is 11.3 Å². The van der Waals surface area contributed by atoms with Crippen LogP contribution in [0.5, 0.6) is 0 Å². The molecule has 0 aromatic rings. The van der Waals surface area contributed by atoms with Gasteiger partial charge in [0.1, 0.15) is 0 Å². The zero-order valence-electron chi connectivity index (χ0n) is 10.8. The van der Waals surface area contributed by atoms with Crippen molar-refractivity contribution in [1.82, 2.24) is 4.90 Å². The molecule has 0 amide bonds. The Labute approximate surface area is 103 Å². The van der Waals surface area contributed by atoms with Crippen molar-refractivity contribution in [3.8, 4) is 0 Å². The van der Waals surface area contributed by atoms with Gasteiger partial charge in [0, 0.05) is 19.6 Å². The first-order valence-electron chi connectivity index (χ1n) is 6.67. The number of aliphatic hydroxyl groups is 3. The van der Waals surface area contributed by atoms with Crippen molar-refractivity contribution in [2.24, 2.45) is 11.3 Å². The summed E-state index contributed by atoms with van der Waals surface area (Å²) < 4.78 is 0. The third kappa shape index (κ3) is 2.81. The third-order valence-electron chi connectivity index (χ3n) is 4.47. The largest absolute Gasteiger partial charge is 0.392 e. The van der Waals surface area contributed by atoms with E-state index in [4.69, 9.17) is 0 Å². The van der Waals surface area contributed by atoms with Crippen molar-refractivity contribution in [3.05, 3.63) is 0 Å². The van der Waals surface area contributed by atoms with E-state index < -0.39 is 12.2 Å².